The summed E-state index contributed by atoms with van der Waals surface area (Å²) in [7, 11) is 0. The van der Waals surface area contributed by atoms with E-state index in [-0.39, 0.29) is 22.3 Å². The summed E-state index contributed by atoms with van der Waals surface area (Å²) < 4.78 is 11.6. The van der Waals surface area contributed by atoms with Gasteiger partial charge in [0.05, 0.1) is 17.0 Å². The van der Waals surface area contributed by atoms with Gasteiger partial charge in [0.15, 0.2) is 5.43 Å². The molecule has 192 valence electrons. The van der Waals surface area contributed by atoms with Gasteiger partial charge in [0.2, 0.25) is 0 Å². The average Bonchev–Trinajstić information content (AvgIpc) is 2.82. The molecule has 1 aliphatic carbocycles. The van der Waals surface area contributed by atoms with Gasteiger partial charge in [-0.2, -0.15) is 0 Å². The second-order valence-electron chi connectivity index (χ2n) is 9.35. The minimum Gasteiger partial charge on any atom is -0.508 e. The van der Waals surface area contributed by atoms with Crippen LogP contribution in [0.3, 0.4) is 0 Å². The third kappa shape index (κ3) is 5.76. The van der Waals surface area contributed by atoms with Gasteiger partial charge in [-0.25, -0.2) is 4.79 Å². The van der Waals surface area contributed by atoms with Crippen LogP contribution in [0.1, 0.15) is 37.6 Å². The number of hydrogen-bond acceptors (Lipinski definition) is 7. The zero-order valence-electron chi connectivity index (χ0n) is 21.1. The molecule has 37 heavy (non-hydrogen) atoms. The summed E-state index contributed by atoms with van der Waals surface area (Å²) in [6, 6.07) is 14.0. The fraction of sp³-hybridized carbons (Fsp3) is 0.241. The second-order valence-corrected chi connectivity index (χ2v) is 9.35. The van der Waals surface area contributed by atoms with Crippen molar-refractivity contribution in [2.24, 2.45) is 0 Å². The van der Waals surface area contributed by atoms with Crippen LogP contribution in [-0.4, -0.2) is 34.9 Å². The Balaban J connectivity index is 1.70. The number of rotatable bonds is 10. The highest BCUT2D eigenvalue weighted by Crippen LogP contribution is 2.42. The molecule has 0 spiro atoms. The van der Waals surface area contributed by atoms with E-state index in [1.54, 1.807) is 30.3 Å². The first-order chi connectivity index (χ1) is 17.6. The van der Waals surface area contributed by atoms with Crippen LogP contribution in [-0.2, 0) is 4.74 Å². The van der Waals surface area contributed by atoms with Crippen LogP contribution in [0.2, 0.25) is 0 Å². The summed E-state index contributed by atoms with van der Waals surface area (Å²) >= 11 is 0. The number of anilines is 1. The van der Waals surface area contributed by atoms with Crippen molar-refractivity contribution >= 4 is 22.6 Å². The molecular weight excluding hydrogens is 472 g/mol. The molecule has 0 fully saturated rings. The highest BCUT2D eigenvalue weighted by Gasteiger charge is 2.22. The molecule has 4 N–H and O–H groups in total. The number of aromatic carboxylic acids is 1. The van der Waals surface area contributed by atoms with Crippen molar-refractivity contribution in [3.63, 3.8) is 0 Å². The van der Waals surface area contributed by atoms with Crippen LogP contribution in [0.25, 0.3) is 33.4 Å². The number of nitrogens with one attached hydrogen (secondary N) is 2. The van der Waals surface area contributed by atoms with Crippen LogP contribution in [0.4, 0.5) is 5.69 Å². The Kier molecular flexibility index (Phi) is 7.22. The number of hydrogen-bond donors (Lipinski definition) is 4. The minimum absolute atomic E-state index is 0.00603. The molecule has 0 saturated heterocycles. The molecule has 8 nitrogen and oxygen atoms in total. The monoisotopic (exact) mass is 502 g/mol. The average molecular weight is 503 g/mol. The predicted octanol–water partition coefficient (Wildman–Crippen LogP) is 5.65. The highest BCUT2D eigenvalue weighted by atomic mass is 16.5. The van der Waals surface area contributed by atoms with Crippen molar-refractivity contribution in [2.75, 3.05) is 18.5 Å². The number of benzene rings is 3. The number of ether oxygens (including phenoxy) is 1. The molecule has 0 bridgehead atoms. The topological polar surface area (TPSA) is 121 Å². The standard InChI is InChI=1S/C29H30N2O6/c1-5-36-29(3,4)12-13-30-17(2)31-18-6-9-21(24(14-18)28(34)35)27-22-10-7-19(32)15-25(22)37-26-16-20(33)8-11-23(26)27/h6-11,14-16,30-32H,2,5,12-13H2,1,3-4H3,(H,34,35). The molecular formula is C29H30N2O6. The number of phenolic OH excluding ortho intramolecular Hbond substituents is 1. The molecule has 0 radical (unpaired) electrons. The molecule has 2 aromatic rings. The van der Waals surface area contributed by atoms with Crippen molar-refractivity contribution in [3.05, 3.63) is 82.8 Å². The summed E-state index contributed by atoms with van der Waals surface area (Å²) in [5.41, 5.74) is 2.07. The molecule has 1 aliphatic heterocycles. The lowest BCUT2D eigenvalue weighted by Crippen LogP contribution is -2.30. The summed E-state index contributed by atoms with van der Waals surface area (Å²) in [6.45, 7) is 11.3. The Morgan fingerprint density at radius 3 is 2.57 bits per heavy atom. The van der Waals surface area contributed by atoms with E-state index in [2.05, 4.69) is 17.2 Å². The number of carboxylic acids is 1. The van der Waals surface area contributed by atoms with E-state index in [9.17, 15) is 19.8 Å². The zero-order valence-corrected chi connectivity index (χ0v) is 21.1. The molecule has 2 aliphatic rings. The maximum absolute atomic E-state index is 12.4. The smallest absolute Gasteiger partial charge is 0.336 e. The fourth-order valence-electron chi connectivity index (χ4n) is 4.36. The van der Waals surface area contributed by atoms with Gasteiger partial charge in [-0.15, -0.1) is 0 Å². The van der Waals surface area contributed by atoms with E-state index in [0.717, 1.165) is 6.42 Å². The zero-order chi connectivity index (χ0) is 26.7. The van der Waals surface area contributed by atoms with Crippen molar-refractivity contribution in [1.29, 1.82) is 0 Å². The van der Waals surface area contributed by atoms with E-state index >= 15 is 0 Å². The van der Waals surface area contributed by atoms with E-state index in [4.69, 9.17) is 9.15 Å². The largest absolute Gasteiger partial charge is 0.508 e. The summed E-state index contributed by atoms with van der Waals surface area (Å²) in [6.07, 6.45) is 0.765. The Hall–Kier alpha value is -4.30. The SMILES string of the molecule is C=C(NCCC(C)(C)OCC)Nc1ccc(-c2c3ccc(=O)cc-3oc3cc(O)ccc23)c(C(=O)O)c1. The van der Waals surface area contributed by atoms with Crippen LogP contribution >= 0.6 is 0 Å². The fourth-order valence-corrected chi connectivity index (χ4v) is 4.36. The quantitative estimate of drug-likeness (QED) is 0.205. The molecule has 0 atom stereocenters. The van der Waals surface area contributed by atoms with Crippen LogP contribution in [0.15, 0.2) is 76.2 Å². The summed E-state index contributed by atoms with van der Waals surface area (Å²) in [5.74, 6) is -0.290. The van der Waals surface area contributed by atoms with Gasteiger partial charge in [-0.3, -0.25) is 4.79 Å². The van der Waals surface area contributed by atoms with E-state index < -0.39 is 5.97 Å². The minimum atomic E-state index is -1.11. The van der Waals surface area contributed by atoms with Crippen LogP contribution in [0, 0.1) is 0 Å². The van der Waals surface area contributed by atoms with Crippen molar-refractivity contribution < 1.29 is 24.2 Å². The Morgan fingerprint density at radius 2 is 1.84 bits per heavy atom. The highest BCUT2D eigenvalue weighted by molar-refractivity contribution is 6.08. The number of phenols is 1. The molecule has 1 heterocycles. The number of aromatic hydroxyl groups is 1. The molecule has 8 heteroatoms. The van der Waals surface area contributed by atoms with Gasteiger partial charge in [-0.1, -0.05) is 12.6 Å². The lowest BCUT2D eigenvalue weighted by molar-refractivity contribution is -0.0152. The third-order valence-electron chi connectivity index (χ3n) is 6.09. The van der Waals surface area contributed by atoms with Crippen molar-refractivity contribution in [2.45, 2.75) is 32.8 Å². The van der Waals surface area contributed by atoms with Gasteiger partial charge >= 0.3 is 5.97 Å². The molecule has 0 saturated carbocycles. The lowest BCUT2D eigenvalue weighted by atomic mass is 9.90. The Bertz CT molecular complexity index is 1500. The maximum atomic E-state index is 12.4. The predicted molar refractivity (Wildman–Crippen MR) is 144 cm³/mol. The van der Waals surface area contributed by atoms with E-state index in [0.29, 0.717) is 58.1 Å². The molecule has 4 rings (SSSR count). The Labute approximate surface area is 214 Å². The number of carbonyl (C=O) groups is 1. The van der Waals surface area contributed by atoms with Crippen LogP contribution < -0.4 is 16.1 Å². The normalized spacial score (nSPS) is 11.5. The summed E-state index contributed by atoms with van der Waals surface area (Å²) in [4.78, 5) is 24.4. The first-order valence-electron chi connectivity index (χ1n) is 12.0. The lowest BCUT2D eigenvalue weighted by Gasteiger charge is -2.25. The van der Waals surface area contributed by atoms with E-state index in [1.807, 2.05) is 20.8 Å². The molecule has 0 aromatic heterocycles. The van der Waals surface area contributed by atoms with Crippen molar-refractivity contribution in [3.8, 4) is 28.2 Å². The first-order valence-corrected chi connectivity index (χ1v) is 12.0. The second kappa shape index (κ2) is 10.4. The van der Waals surface area contributed by atoms with Crippen LogP contribution in [0.5, 0.6) is 5.75 Å². The third-order valence-corrected chi connectivity index (χ3v) is 6.09. The van der Waals surface area contributed by atoms with Gasteiger partial charge < -0.3 is 30.0 Å². The molecule has 0 unspecified atom stereocenters. The maximum Gasteiger partial charge on any atom is 0.336 e. The Morgan fingerprint density at radius 1 is 1.08 bits per heavy atom. The summed E-state index contributed by atoms with van der Waals surface area (Å²) in [5, 5.41) is 27.0. The van der Waals surface area contributed by atoms with Crippen molar-refractivity contribution in [1.82, 2.24) is 5.32 Å². The number of carboxylic acid groups (broad SMARTS) is 1. The van der Waals surface area contributed by atoms with Gasteiger partial charge in [0.25, 0.3) is 0 Å². The number of fused-ring (bicyclic) bond motifs is 2. The van der Waals surface area contributed by atoms with E-state index in [1.165, 1.54) is 24.3 Å². The molecule has 0 amide bonds. The first kappa shape index (κ1) is 25.8. The van der Waals surface area contributed by atoms with Gasteiger partial charge in [0.1, 0.15) is 17.1 Å². The van der Waals surface area contributed by atoms with Gasteiger partial charge in [0, 0.05) is 47.5 Å². The molecule has 2 aromatic carbocycles. The van der Waals surface area contributed by atoms with Gasteiger partial charge in [-0.05, 0) is 69.2 Å².